The van der Waals surface area contributed by atoms with Crippen LogP contribution in [0.25, 0.3) is 0 Å². The summed E-state index contributed by atoms with van der Waals surface area (Å²) in [5, 5.41) is 3.65. The molecule has 0 heterocycles. The molecule has 0 spiro atoms. The van der Waals surface area contributed by atoms with Crippen molar-refractivity contribution in [2.45, 2.75) is 64.4 Å². The molecule has 0 aliphatic rings. The zero-order valence-corrected chi connectivity index (χ0v) is 29.5. The highest BCUT2D eigenvalue weighted by Crippen LogP contribution is 2.31. The molecule has 0 aliphatic heterocycles. The Bertz CT molecular complexity index is 1780. The molecule has 47 heavy (non-hydrogen) atoms. The third-order valence-electron chi connectivity index (χ3n) is 8.01. The summed E-state index contributed by atoms with van der Waals surface area (Å²) in [5.74, 6) is -0.928. The minimum Gasteiger partial charge on any atom is -0.354 e. The molecule has 0 bridgehead atoms. The number of sulfonamides is 1. The number of hydrogen-bond acceptors (Lipinski definition) is 4. The van der Waals surface area contributed by atoms with Gasteiger partial charge in [-0.05, 0) is 74.2 Å². The largest absolute Gasteiger partial charge is 0.354 e. The van der Waals surface area contributed by atoms with Crippen molar-refractivity contribution < 1.29 is 18.0 Å². The predicted molar refractivity (Wildman–Crippen MR) is 190 cm³/mol. The number of carbonyl (C=O) groups is 2. The number of aryl methyl sites for hydroxylation is 3. The standard InChI is InChI=1S/C37H41Cl2N3O4S/c1-5-6-21-40-37(44)35(23-29-11-8-7-9-12-29)41(24-31-32(38)13-10-14-33(31)39)36(43)25-42(34-22-27(3)15-18-28(34)4)47(45,46)30-19-16-26(2)17-20-30/h7-20,22,35H,5-6,21,23-25H2,1-4H3,(H,40,44)/t35-/m1/s1. The highest BCUT2D eigenvalue weighted by molar-refractivity contribution is 7.92. The summed E-state index contributed by atoms with van der Waals surface area (Å²) < 4.78 is 29.8. The second-order valence-corrected chi connectivity index (χ2v) is 14.4. The lowest BCUT2D eigenvalue weighted by atomic mass is 10.0. The molecule has 0 saturated heterocycles. The molecule has 248 valence electrons. The van der Waals surface area contributed by atoms with E-state index >= 15 is 0 Å². The number of nitrogens with one attached hydrogen (secondary N) is 1. The average molecular weight is 695 g/mol. The highest BCUT2D eigenvalue weighted by atomic mass is 35.5. The van der Waals surface area contributed by atoms with Gasteiger partial charge in [-0.25, -0.2) is 8.42 Å². The molecule has 10 heteroatoms. The van der Waals surface area contributed by atoms with E-state index in [1.807, 2.05) is 63.2 Å². The van der Waals surface area contributed by atoms with E-state index in [-0.39, 0.29) is 23.8 Å². The number of halogens is 2. The van der Waals surface area contributed by atoms with Gasteiger partial charge < -0.3 is 10.2 Å². The number of nitrogens with zero attached hydrogens (tertiary/aromatic N) is 2. The second kappa shape index (κ2) is 16.3. The van der Waals surface area contributed by atoms with Gasteiger partial charge >= 0.3 is 0 Å². The van der Waals surface area contributed by atoms with Gasteiger partial charge in [0.25, 0.3) is 10.0 Å². The van der Waals surface area contributed by atoms with Gasteiger partial charge in [0.1, 0.15) is 12.6 Å². The molecular weight excluding hydrogens is 653 g/mol. The van der Waals surface area contributed by atoms with Gasteiger partial charge in [-0.3, -0.25) is 13.9 Å². The van der Waals surface area contributed by atoms with Gasteiger partial charge in [-0.1, -0.05) is 103 Å². The zero-order valence-electron chi connectivity index (χ0n) is 27.2. The molecule has 4 aromatic carbocycles. The summed E-state index contributed by atoms with van der Waals surface area (Å²) in [6, 6.07) is 25.4. The lowest BCUT2D eigenvalue weighted by molar-refractivity contribution is -0.140. The van der Waals surface area contributed by atoms with E-state index in [1.165, 1.54) is 17.0 Å². The van der Waals surface area contributed by atoms with Gasteiger partial charge in [-0.15, -0.1) is 0 Å². The molecule has 1 N–H and O–H groups in total. The van der Waals surface area contributed by atoms with Gasteiger partial charge in [0.05, 0.1) is 10.6 Å². The minimum atomic E-state index is -4.22. The molecule has 0 saturated carbocycles. The molecule has 4 rings (SSSR count). The molecule has 7 nitrogen and oxygen atoms in total. The fraction of sp³-hybridized carbons (Fsp3) is 0.297. The molecule has 2 amide bonds. The second-order valence-electron chi connectivity index (χ2n) is 11.7. The van der Waals surface area contributed by atoms with Crippen molar-refractivity contribution in [2.75, 3.05) is 17.4 Å². The number of rotatable bonds is 14. The van der Waals surface area contributed by atoms with Gasteiger partial charge in [0.15, 0.2) is 0 Å². The number of unbranched alkanes of at least 4 members (excludes halogenated alkanes) is 1. The summed E-state index contributed by atoms with van der Waals surface area (Å²) in [4.78, 5) is 30.1. The van der Waals surface area contributed by atoms with Crippen LogP contribution in [-0.4, -0.2) is 44.3 Å². The Labute approximate surface area is 288 Å². The lowest BCUT2D eigenvalue weighted by Crippen LogP contribution is -2.53. The molecular formula is C37H41Cl2N3O4S. The first-order valence-electron chi connectivity index (χ1n) is 15.6. The monoisotopic (exact) mass is 693 g/mol. The first kappa shape index (κ1) is 36.0. The van der Waals surface area contributed by atoms with Crippen molar-refractivity contribution in [3.8, 4) is 0 Å². The van der Waals surface area contributed by atoms with Crippen molar-refractivity contribution in [1.29, 1.82) is 0 Å². The first-order chi connectivity index (χ1) is 22.4. The van der Waals surface area contributed by atoms with E-state index in [2.05, 4.69) is 5.32 Å². The highest BCUT2D eigenvalue weighted by Gasteiger charge is 2.35. The van der Waals surface area contributed by atoms with Crippen LogP contribution in [0.2, 0.25) is 10.0 Å². The maximum atomic E-state index is 14.7. The Balaban J connectivity index is 1.85. The molecule has 0 fully saturated rings. The van der Waals surface area contributed by atoms with E-state index in [4.69, 9.17) is 23.2 Å². The number of anilines is 1. The maximum Gasteiger partial charge on any atom is 0.264 e. The van der Waals surface area contributed by atoms with Gasteiger partial charge in [0.2, 0.25) is 11.8 Å². The van der Waals surface area contributed by atoms with Crippen LogP contribution in [0.1, 0.15) is 47.6 Å². The summed E-state index contributed by atoms with van der Waals surface area (Å²) >= 11 is 13.2. The topological polar surface area (TPSA) is 86.8 Å². The number of hydrogen-bond donors (Lipinski definition) is 1. The molecule has 0 unspecified atom stereocenters. The van der Waals surface area contributed by atoms with Crippen LogP contribution in [0.4, 0.5) is 5.69 Å². The fourth-order valence-corrected chi connectivity index (χ4v) is 7.24. The molecule has 1 atom stereocenters. The van der Waals surface area contributed by atoms with E-state index in [1.54, 1.807) is 43.3 Å². The van der Waals surface area contributed by atoms with Gasteiger partial charge in [0, 0.05) is 35.1 Å². The number of benzene rings is 4. The van der Waals surface area contributed by atoms with E-state index in [9.17, 15) is 18.0 Å². The molecule has 0 aromatic heterocycles. The van der Waals surface area contributed by atoms with Crippen LogP contribution in [0, 0.1) is 20.8 Å². The smallest absolute Gasteiger partial charge is 0.264 e. The zero-order chi connectivity index (χ0) is 34.1. The van der Waals surface area contributed by atoms with Crippen LogP contribution in [0.15, 0.2) is 95.9 Å². The van der Waals surface area contributed by atoms with Crippen LogP contribution in [0.3, 0.4) is 0 Å². The maximum absolute atomic E-state index is 14.7. The molecule has 4 aromatic rings. The third-order valence-corrected chi connectivity index (χ3v) is 10.5. The van der Waals surface area contributed by atoms with E-state index < -0.39 is 28.5 Å². The normalized spacial score (nSPS) is 12.0. The average Bonchev–Trinajstić information content (AvgIpc) is 3.04. The molecule has 0 radical (unpaired) electrons. The van der Waals surface area contributed by atoms with Crippen LogP contribution in [0.5, 0.6) is 0 Å². The van der Waals surface area contributed by atoms with Crippen molar-refractivity contribution >= 4 is 50.7 Å². The predicted octanol–water partition coefficient (Wildman–Crippen LogP) is 7.67. The first-order valence-corrected chi connectivity index (χ1v) is 17.8. The van der Waals surface area contributed by atoms with Crippen LogP contribution >= 0.6 is 23.2 Å². The number of amides is 2. The Morgan fingerprint density at radius 2 is 1.47 bits per heavy atom. The van der Waals surface area contributed by atoms with Crippen LogP contribution in [-0.2, 0) is 32.6 Å². The van der Waals surface area contributed by atoms with Crippen molar-refractivity contribution in [3.63, 3.8) is 0 Å². The van der Waals surface area contributed by atoms with Crippen molar-refractivity contribution in [2.24, 2.45) is 0 Å². The Hall–Kier alpha value is -3.85. The van der Waals surface area contributed by atoms with E-state index in [0.29, 0.717) is 33.4 Å². The Kier molecular flexibility index (Phi) is 12.5. The summed E-state index contributed by atoms with van der Waals surface area (Å²) in [5.41, 5.74) is 4.09. The van der Waals surface area contributed by atoms with E-state index in [0.717, 1.165) is 33.8 Å². The third kappa shape index (κ3) is 9.15. The van der Waals surface area contributed by atoms with Crippen LogP contribution < -0.4 is 9.62 Å². The molecule has 0 aliphatic carbocycles. The number of carbonyl (C=O) groups excluding carboxylic acids is 2. The Morgan fingerprint density at radius 3 is 2.11 bits per heavy atom. The lowest BCUT2D eigenvalue weighted by Gasteiger charge is -2.34. The van der Waals surface area contributed by atoms with Crippen molar-refractivity contribution in [1.82, 2.24) is 10.2 Å². The van der Waals surface area contributed by atoms with Gasteiger partial charge in [-0.2, -0.15) is 0 Å². The minimum absolute atomic E-state index is 0.0515. The summed E-state index contributed by atoms with van der Waals surface area (Å²) in [6.07, 6.45) is 1.84. The SMILES string of the molecule is CCCCNC(=O)[C@@H](Cc1ccccc1)N(Cc1c(Cl)cccc1Cl)C(=O)CN(c1cc(C)ccc1C)S(=O)(=O)c1ccc(C)cc1. The van der Waals surface area contributed by atoms with Crippen molar-refractivity contribution in [3.05, 3.63) is 129 Å². The summed E-state index contributed by atoms with van der Waals surface area (Å²) in [7, 11) is -4.22. The fourth-order valence-electron chi connectivity index (χ4n) is 5.25. The quantitative estimate of drug-likeness (QED) is 0.137. The Morgan fingerprint density at radius 1 is 0.830 bits per heavy atom. The summed E-state index contributed by atoms with van der Waals surface area (Å²) in [6.45, 7) is 7.34.